The Hall–Kier alpha value is -0.190. The highest BCUT2D eigenvalue weighted by Crippen LogP contribution is 2.07. The number of alkyl halides is 1. The van der Waals surface area contributed by atoms with E-state index in [1.165, 1.54) is 6.20 Å². The van der Waals surface area contributed by atoms with E-state index in [0.29, 0.717) is 9.99 Å². The van der Waals surface area contributed by atoms with Crippen LogP contribution in [0.3, 0.4) is 0 Å². The molecular weight excluding hydrogens is 232 g/mol. The van der Waals surface area contributed by atoms with E-state index in [1.54, 1.807) is 12.3 Å². The molecule has 0 aliphatic rings. The summed E-state index contributed by atoms with van der Waals surface area (Å²) in [7, 11) is 0. The molecule has 48 valence electrons. The molecule has 0 aromatic carbocycles. The van der Waals surface area contributed by atoms with Crippen LogP contribution in [0.25, 0.3) is 0 Å². The first kappa shape index (κ1) is 6.92. The van der Waals surface area contributed by atoms with E-state index < -0.39 is 0 Å². The number of aromatic nitrogens is 1. The Kier molecular flexibility index (Phi) is 2.38. The van der Waals surface area contributed by atoms with Crippen LogP contribution in [0.15, 0.2) is 18.5 Å². The predicted molar refractivity (Wildman–Crippen MR) is 41.9 cm³/mol. The van der Waals surface area contributed by atoms with Gasteiger partial charge in [0, 0.05) is 16.2 Å². The molecule has 0 unspecified atom stereocenters. The normalized spacial score (nSPS) is 9.56. The SMILES string of the molecule is Fc1cnccc1CI. The molecule has 0 fully saturated rings. The van der Waals surface area contributed by atoms with Gasteiger partial charge in [0.2, 0.25) is 0 Å². The van der Waals surface area contributed by atoms with Crippen molar-refractivity contribution in [2.45, 2.75) is 4.43 Å². The predicted octanol–water partition coefficient (Wildman–Crippen LogP) is 2.16. The van der Waals surface area contributed by atoms with Crippen molar-refractivity contribution >= 4 is 22.6 Å². The van der Waals surface area contributed by atoms with Crippen molar-refractivity contribution < 1.29 is 4.39 Å². The fraction of sp³-hybridized carbons (Fsp3) is 0.167. The second-order valence-corrected chi connectivity index (χ2v) is 2.36. The first-order valence-electron chi connectivity index (χ1n) is 2.49. The zero-order chi connectivity index (χ0) is 6.69. The molecule has 3 heteroatoms. The molecule has 1 aromatic heterocycles. The first-order valence-corrected chi connectivity index (χ1v) is 4.01. The van der Waals surface area contributed by atoms with E-state index in [1.807, 2.05) is 0 Å². The lowest BCUT2D eigenvalue weighted by atomic mass is 10.3. The maximum Gasteiger partial charge on any atom is 0.145 e. The summed E-state index contributed by atoms with van der Waals surface area (Å²) in [6.45, 7) is 0. The number of nitrogens with zero attached hydrogens (tertiary/aromatic N) is 1. The first-order chi connectivity index (χ1) is 4.34. The minimum Gasteiger partial charge on any atom is -0.262 e. The van der Waals surface area contributed by atoms with Gasteiger partial charge in [-0.3, -0.25) is 4.98 Å². The Balaban J connectivity index is 3.01. The Bertz CT molecular complexity index is 202. The summed E-state index contributed by atoms with van der Waals surface area (Å²) in [6, 6.07) is 1.68. The number of halogens is 2. The highest BCUT2D eigenvalue weighted by molar-refractivity contribution is 14.1. The summed E-state index contributed by atoms with van der Waals surface area (Å²) in [5.41, 5.74) is 0.714. The smallest absolute Gasteiger partial charge is 0.145 e. The maximum absolute atomic E-state index is 12.5. The van der Waals surface area contributed by atoms with E-state index in [-0.39, 0.29) is 5.82 Å². The molecule has 0 spiro atoms. The van der Waals surface area contributed by atoms with E-state index in [9.17, 15) is 4.39 Å². The second-order valence-electron chi connectivity index (χ2n) is 1.60. The zero-order valence-electron chi connectivity index (χ0n) is 4.64. The third-order valence-electron chi connectivity index (χ3n) is 1.00. The van der Waals surface area contributed by atoms with Crippen molar-refractivity contribution in [1.29, 1.82) is 0 Å². The summed E-state index contributed by atoms with van der Waals surface area (Å²) in [5, 5.41) is 0. The Morgan fingerprint density at radius 1 is 1.67 bits per heavy atom. The molecule has 0 radical (unpaired) electrons. The number of rotatable bonds is 1. The monoisotopic (exact) mass is 237 g/mol. The van der Waals surface area contributed by atoms with Gasteiger partial charge in [0.15, 0.2) is 0 Å². The molecule has 0 atom stereocenters. The number of hydrogen-bond donors (Lipinski definition) is 0. The molecule has 9 heavy (non-hydrogen) atoms. The third-order valence-corrected chi connectivity index (χ3v) is 1.82. The fourth-order valence-corrected chi connectivity index (χ4v) is 1.13. The topological polar surface area (TPSA) is 12.9 Å². The molecule has 0 aliphatic carbocycles. The Morgan fingerprint density at radius 2 is 2.44 bits per heavy atom. The van der Waals surface area contributed by atoms with Gasteiger partial charge in [-0.05, 0) is 6.07 Å². The lowest BCUT2D eigenvalue weighted by Crippen LogP contribution is -1.84. The van der Waals surface area contributed by atoms with Gasteiger partial charge in [-0.2, -0.15) is 0 Å². The van der Waals surface area contributed by atoms with Crippen LogP contribution < -0.4 is 0 Å². The minimum atomic E-state index is -0.216. The highest BCUT2D eigenvalue weighted by Gasteiger charge is 1.95. The highest BCUT2D eigenvalue weighted by atomic mass is 127. The molecule has 1 nitrogen and oxygen atoms in total. The molecular formula is C6H5FIN. The quantitative estimate of drug-likeness (QED) is 0.538. The molecule has 0 saturated carbocycles. The van der Waals surface area contributed by atoms with Gasteiger partial charge in [-0.25, -0.2) is 4.39 Å². The van der Waals surface area contributed by atoms with Gasteiger partial charge in [-0.15, -0.1) is 0 Å². The molecule has 0 bridgehead atoms. The van der Waals surface area contributed by atoms with Crippen molar-refractivity contribution in [1.82, 2.24) is 4.98 Å². The summed E-state index contributed by atoms with van der Waals surface area (Å²) in [6.07, 6.45) is 2.82. The number of hydrogen-bond acceptors (Lipinski definition) is 1. The zero-order valence-corrected chi connectivity index (χ0v) is 6.80. The van der Waals surface area contributed by atoms with Crippen LogP contribution in [-0.2, 0) is 4.43 Å². The van der Waals surface area contributed by atoms with Gasteiger partial charge in [0.05, 0.1) is 6.20 Å². The van der Waals surface area contributed by atoms with Crippen LogP contribution in [0, 0.1) is 5.82 Å². The standard InChI is InChI=1S/C6H5FIN/c7-6-4-9-2-1-5(6)3-8/h1-2,4H,3H2. The Morgan fingerprint density at radius 3 is 2.89 bits per heavy atom. The summed E-state index contributed by atoms with van der Waals surface area (Å²) >= 11 is 2.11. The summed E-state index contributed by atoms with van der Waals surface area (Å²) in [4.78, 5) is 3.61. The number of pyridine rings is 1. The lowest BCUT2D eigenvalue weighted by Gasteiger charge is -1.93. The fourth-order valence-electron chi connectivity index (χ4n) is 0.512. The second kappa shape index (κ2) is 3.10. The average Bonchev–Trinajstić information content (AvgIpc) is 1.89. The van der Waals surface area contributed by atoms with Crippen molar-refractivity contribution in [2.75, 3.05) is 0 Å². The van der Waals surface area contributed by atoms with Crippen LogP contribution in [0.2, 0.25) is 0 Å². The van der Waals surface area contributed by atoms with Gasteiger partial charge in [0.1, 0.15) is 5.82 Å². The van der Waals surface area contributed by atoms with Crippen molar-refractivity contribution in [2.24, 2.45) is 0 Å². The molecule has 1 aromatic rings. The van der Waals surface area contributed by atoms with Gasteiger partial charge >= 0.3 is 0 Å². The van der Waals surface area contributed by atoms with Crippen LogP contribution in [0.5, 0.6) is 0 Å². The molecule has 0 amide bonds. The van der Waals surface area contributed by atoms with Crippen molar-refractivity contribution in [3.05, 3.63) is 29.8 Å². The Labute approximate surface area is 66.4 Å². The molecule has 1 heterocycles. The maximum atomic E-state index is 12.5. The minimum absolute atomic E-state index is 0.216. The molecule has 1 rings (SSSR count). The molecule has 0 saturated heterocycles. The van der Waals surface area contributed by atoms with Crippen molar-refractivity contribution in [3.63, 3.8) is 0 Å². The van der Waals surface area contributed by atoms with E-state index in [2.05, 4.69) is 27.6 Å². The van der Waals surface area contributed by atoms with Gasteiger partial charge in [0.25, 0.3) is 0 Å². The van der Waals surface area contributed by atoms with Crippen LogP contribution >= 0.6 is 22.6 Å². The van der Waals surface area contributed by atoms with E-state index in [0.717, 1.165) is 0 Å². The summed E-state index contributed by atoms with van der Waals surface area (Å²) < 4.78 is 13.2. The summed E-state index contributed by atoms with van der Waals surface area (Å²) in [5.74, 6) is -0.216. The average molecular weight is 237 g/mol. The van der Waals surface area contributed by atoms with Crippen LogP contribution in [0.4, 0.5) is 4.39 Å². The molecule has 0 N–H and O–H groups in total. The largest absolute Gasteiger partial charge is 0.262 e. The van der Waals surface area contributed by atoms with Crippen LogP contribution in [0.1, 0.15) is 5.56 Å². The third kappa shape index (κ3) is 1.61. The van der Waals surface area contributed by atoms with Crippen molar-refractivity contribution in [3.8, 4) is 0 Å². The van der Waals surface area contributed by atoms with Crippen LogP contribution in [-0.4, -0.2) is 4.98 Å². The molecule has 0 aliphatic heterocycles. The van der Waals surface area contributed by atoms with Gasteiger partial charge < -0.3 is 0 Å². The van der Waals surface area contributed by atoms with E-state index >= 15 is 0 Å². The lowest BCUT2D eigenvalue weighted by molar-refractivity contribution is 0.611. The van der Waals surface area contributed by atoms with E-state index in [4.69, 9.17) is 0 Å². The van der Waals surface area contributed by atoms with Gasteiger partial charge in [-0.1, -0.05) is 22.6 Å².